The number of hydrogen-bond donors (Lipinski definition) is 2. The Labute approximate surface area is 115 Å². The van der Waals surface area contributed by atoms with Gasteiger partial charge in [0.15, 0.2) is 0 Å². The summed E-state index contributed by atoms with van der Waals surface area (Å²) in [4.78, 5) is 0. The molecule has 0 saturated heterocycles. The van der Waals surface area contributed by atoms with Crippen molar-refractivity contribution < 1.29 is 13.2 Å². The maximum absolute atomic E-state index is 11.9. The second kappa shape index (κ2) is 6.77. The topological polar surface area (TPSA) is 67.4 Å². The first kappa shape index (κ1) is 15.8. The first-order valence-corrected chi connectivity index (χ1v) is 7.88. The highest BCUT2D eigenvalue weighted by atomic mass is 32.2. The zero-order valence-electron chi connectivity index (χ0n) is 11.9. The van der Waals surface area contributed by atoms with E-state index in [9.17, 15) is 8.42 Å². The van der Waals surface area contributed by atoms with Gasteiger partial charge in [-0.25, -0.2) is 8.42 Å². The van der Waals surface area contributed by atoms with Gasteiger partial charge in [0, 0.05) is 12.6 Å². The molecular weight excluding hydrogens is 264 g/mol. The predicted octanol–water partition coefficient (Wildman–Crippen LogP) is 1.74. The quantitative estimate of drug-likeness (QED) is 0.801. The fraction of sp³-hybridized carbons (Fsp3) is 0.538. The van der Waals surface area contributed by atoms with E-state index in [2.05, 4.69) is 10.0 Å². The molecule has 19 heavy (non-hydrogen) atoms. The predicted molar refractivity (Wildman–Crippen MR) is 78.3 cm³/mol. The highest BCUT2D eigenvalue weighted by molar-refractivity contribution is 7.92. The maximum Gasteiger partial charge on any atom is 0.233 e. The normalized spacial score (nSPS) is 11.6. The molecule has 0 atom stereocenters. The monoisotopic (exact) mass is 286 g/mol. The number of rotatable bonds is 7. The lowest BCUT2D eigenvalue weighted by Gasteiger charge is -2.12. The van der Waals surface area contributed by atoms with Gasteiger partial charge < -0.3 is 10.1 Å². The van der Waals surface area contributed by atoms with Crippen molar-refractivity contribution in [1.82, 2.24) is 5.32 Å². The van der Waals surface area contributed by atoms with Crippen molar-refractivity contribution in [2.24, 2.45) is 0 Å². The summed E-state index contributed by atoms with van der Waals surface area (Å²) >= 11 is 0. The Morgan fingerprint density at radius 2 is 2.00 bits per heavy atom. The molecule has 0 aliphatic rings. The van der Waals surface area contributed by atoms with E-state index in [0.29, 0.717) is 18.0 Å². The van der Waals surface area contributed by atoms with Crippen LogP contribution in [0.15, 0.2) is 18.2 Å². The SMILES string of the molecule is COc1ccc(NS(=O)(=O)CCNC(C)C)c(C)c1. The Hall–Kier alpha value is -1.27. The summed E-state index contributed by atoms with van der Waals surface area (Å²) in [6.45, 7) is 6.23. The summed E-state index contributed by atoms with van der Waals surface area (Å²) < 4.78 is 31.5. The molecule has 0 amide bonds. The van der Waals surface area contributed by atoms with Crippen LogP contribution in [0, 0.1) is 6.92 Å². The van der Waals surface area contributed by atoms with Gasteiger partial charge in [0.2, 0.25) is 10.0 Å². The third kappa shape index (κ3) is 5.48. The molecule has 0 fully saturated rings. The summed E-state index contributed by atoms with van der Waals surface area (Å²) in [5.41, 5.74) is 1.42. The lowest BCUT2D eigenvalue weighted by molar-refractivity contribution is 0.414. The number of anilines is 1. The van der Waals surface area contributed by atoms with Gasteiger partial charge in [-0.15, -0.1) is 0 Å². The number of sulfonamides is 1. The van der Waals surface area contributed by atoms with Crippen LogP contribution in [-0.2, 0) is 10.0 Å². The van der Waals surface area contributed by atoms with Gasteiger partial charge in [-0.2, -0.15) is 0 Å². The number of hydrogen-bond acceptors (Lipinski definition) is 4. The Bertz CT molecular complexity index is 513. The molecule has 0 heterocycles. The smallest absolute Gasteiger partial charge is 0.233 e. The second-order valence-electron chi connectivity index (χ2n) is 4.71. The van der Waals surface area contributed by atoms with Gasteiger partial charge in [0.1, 0.15) is 5.75 Å². The Morgan fingerprint density at radius 1 is 1.32 bits per heavy atom. The lowest BCUT2D eigenvalue weighted by atomic mass is 10.2. The third-order valence-corrected chi connectivity index (χ3v) is 3.89. The van der Waals surface area contributed by atoms with Crippen molar-refractivity contribution >= 4 is 15.7 Å². The molecule has 0 radical (unpaired) electrons. The minimum atomic E-state index is -3.33. The fourth-order valence-corrected chi connectivity index (χ4v) is 2.63. The highest BCUT2D eigenvalue weighted by Crippen LogP contribution is 2.21. The van der Waals surface area contributed by atoms with Crippen LogP contribution in [0.4, 0.5) is 5.69 Å². The van der Waals surface area contributed by atoms with Gasteiger partial charge >= 0.3 is 0 Å². The van der Waals surface area contributed by atoms with E-state index in [1.807, 2.05) is 20.8 Å². The molecule has 0 saturated carbocycles. The van der Waals surface area contributed by atoms with Crippen molar-refractivity contribution in [3.63, 3.8) is 0 Å². The molecule has 1 aromatic rings. The third-order valence-electron chi connectivity index (χ3n) is 2.62. The Morgan fingerprint density at radius 3 is 2.53 bits per heavy atom. The first-order valence-electron chi connectivity index (χ1n) is 6.22. The van der Waals surface area contributed by atoms with Gasteiger partial charge in [0.25, 0.3) is 0 Å². The average molecular weight is 286 g/mol. The minimum Gasteiger partial charge on any atom is -0.497 e. The summed E-state index contributed by atoms with van der Waals surface area (Å²) in [6, 6.07) is 5.51. The molecular formula is C13H22N2O3S. The lowest BCUT2D eigenvalue weighted by Crippen LogP contribution is -2.31. The van der Waals surface area contributed by atoms with E-state index in [1.54, 1.807) is 25.3 Å². The summed E-state index contributed by atoms with van der Waals surface area (Å²) in [7, 11) is -1.75. The van der Waals surface area contributed by atoms with Crippen molar-refractivity contribution in [1.29, 1.82) is 0 Å². The van der Waals surface area contributed by atoms with Crippen LogP contribution in [0.3, 0.4) is 0 Å². The number of nitrogens with one attached hydrogen (secondary N) is 2. The molecule has 0 aliphatic carbocycles. The number of benzene rings is 1. The molecule has 0 aromatic heterocycles. The number of ether oxygens (including phenoxy) is 1. The van der Waals surface area contributed by atoms with Crippen LogP contribution in [0.2, 0.25) is 0 Å². The van der Waals surface area contributed by atoms with Crippen molar-refractivity contribution in [3.8, 4) is 5.75 Å². The average Bonchev–Trinajstić information content (AvgIpc) is 2.30. The van der Waals surface area contributed by atoms with E-state index < -0.39 is 10.0 Å². The standard InChI is InChI=1S/C13H22N2O3S/c1-10(2)14-7-8-19(16,17)15-13-6-5-12(18-4)9-11(13)3/h5-6,9-10,14-15H,7-8H2,1-4H3. The minimum absolute atomic E-state index is 0.0522. The number of aryl methyl sites for hydroxylation is 1. The summed E-state index contributed by atoms with van der Waals surface area (Å²) in [5, 5.41) is 3.08. The van der Waals surface area contributed by atoms with Crippen LogP contribution in [0.25, 0.3) is 0 Å². The zero-order valence-corrected chi connectivity index (χ0v) is 12.7. The van der Waals surface area contributed by atoms with E-state index >= 15 is 0 Å². The molecule has 0 aliphatic heterocycles. The van der Waals surface area contributed by atoms with E-state index in [-0.39, 0.29) is 11.8 Å². The first-order chi connectivity index (χ1) is 8.84. The van der Waals surface area contributed by atoms with Crippen LogP contribution < -0.4 is 14.8 Å². The van der Waals surface area contributed by atoms with E-state index in [0.717, 1.165) is 5.56 Å². The van der Waals surface area contributed by atoms with Gasteiger partial charge in [-0.1, -0.05) is 13.8 Å². The second-order valence-corrected chi connectivity index (χ2v) is 6.55. The van der Waals surface area contributed by atoms with Crippen LogP contribution in [0.1, 0.15) is 19.4 Å². The van der Waals surface area contributed by atoms with E-state index in [1.165, 1.54) is 0 Å². The largest absolute Gasteiger partial charge is 0.497 e. The zero-order chi connectivity index (χ0) is 14.5. The fourth-order valence-electron chi connectivity index (χ4n) is 1.58. The Balaban J connectivity index is 2.67. The molecule has 1 rings (SSSR count). The summed E-state index contributed by atoms with van der Waals surface area (Å²) in [5.74, 6) is 0.762. The Kier molecular flexibility index (Phi) is 5.62. The molecule has 0 spiro atoms. The van der Waals surface area contributed by atoms with Crippen LogP contribution in [-0.4, -0.2) is 33.9 Å². The molecule has 108 valence electrons. The molecule has 0 bridgehead atoms. The van der Waals surface area contributed by atoms with Gasteiger partial charge in [-0.05, 0) is 30.7 Å². The molecule has 5 nitrogen and oxygen atoms in total. The van der Waals surface area contributed by atoms with Crippen LogP contribution in [0.5, 0.6) is 5.75 Å². The molecule has 0 unspecified atom stereocenters. The van der Waals surface area contributed by atoms with Gasteiger partial charge in [0.05, 0.1) is 18.6 Å². The van der Waals surface area contributed by atoms with Gasteiger partial charge in [-0.3, -0.25) is 4.72 Å². The highest BCUT2D eigenvalue weighted by Gasteiger charge is 2.12. The maximum atomic E-state index is 11.9. The molecule has 2 N–H and O–H groups in total. The molecule has 6 heteroatoms. The van der Waals surface area contributed by atoms with E-state index in [4.69, 9.17) is 4.74 Å². The number of methoxy groups -OCH3 is 1. The van der Waals surface area contributed by atoms with Crippen LogP contribution >= 0.6 is 0 Å². The van der Waals surface area contributed by atoms with Crippen molar-refractivity contribution in [3.05, 3.63) is 23.8 Å². The summed E-state index contributed by atoms with van der Waals surface area (Å²) in [6.07, 6.45) is 0. The van der Waals surface area contributed by atoms with Crippen molar-refractivity contribution in [2.45, 2.75) is 26.8 Å². The molecule has 1 aromatic carbocycles. The van der Waals surface area contributed by atoms with Crippen molar-refractivity contribution in [2.75, 3.05) is 24.1 Å².